The fraction of sp³-hybridized carbons (Fsp3) is 0. The number of carbonyl (C=O) groups is 1. The minimum atomic E-state index is -1.14. The number of hydrogen-bond donors (Lipinski definition) is 2. The highest BCUT2D eigenvalue weighted by atomic mass is 16.4. The lowest BCUT2D eigenvalue weighted by molar-refractivity contribution is 0.0693. The number of aromatic hydroxyl groups is 1. The van der Waals surface area contributed by atoms with E-state index in [1.165, 1.54) is 6.07 Å². The van der Waals surface area contributed by atoms with E-state index in [1.807, 2.05) is 30.3 Å². The summed E-state index contributed by atoms with van der Waals surface area (Å²) < 4.78 is 0. The smallest absolute Gasteiger partial charge is 0.340 e. The molecule has 0 saturated heterocycles. The molecular formula is C15H12O3. The average molecular weight is 240 g/mol. The first-order valence-corrected chi connectivity index (χ1v) is 5.47. The monoisotopic (exact) mass is 240 g/mol. The van der Waals surface area contributed by atoms with Gasteiger partial charge in [-0.2, -0.15) is 0 Å². The summed E-state index contributed by atoms with van der Waals surface area (Å²) in [5, 5.41) is 18.6. The quantitative estimate of drug-likeness (QED) is 0.809. The first kappa shape index (κ1) is 11.9. The van der Waals surface area contributed by atoms with E-state index in [0.717, 1.165) is 5.56 Å². The third-order valence-corrected chi connectivity index (χ3v) is 2.54. The van der Waals surface area contributed by atoms with Crippen molar-refractivity contribution in [1.82, 2.24) is 0 Å². The first-order valence-electron chi connectivity index (χ1n) is 5.47. The van der Waals surface area contributed by atoms with Gasteiger partial charge in [0.25, 0.3) is 0 Å². The lowest BCUT2D eigenvalue weighted by atomic mass is 10.0. The summed E-state index contributed by atoms with van der Waals surface area (Å²) in [6.07, 6.45) is 3.49. The highest BCUT2D eigenvalue weighted by Crippen LogP contribution is 2.22. The summed E-state index contributed by atoms with van der Waals surface area (Å²) in [6, 6.07) is 14.2. The average Bonchev–Trinajstić information content (AvgIpc) is 2.37. The Morgan fingerprint density at radius 1 is 0.944 bits per heavy atom. The second kappa shape index (κ2) is 5.19. The zero-order chi connectivity index (χ0) is 13.0. The van der Waals surface area contributed by atoms with Crippen LogP contribution in [0.1, 0.15) is 21.5 Å². The summed E-state index contributed by atoms with van der Waals surface area (Å²) in [7, 11) is 0. The highest BCUT2D eigenvalue weighted by Gasteiger charge is 2.12. The summed E-state index contributed by atoms with van der Waals surface area (Å²) in [4.78, 5) is 11.1. The number of phenols is 1. The molecule has 0 fully saturated rings. The van der Waals surface area contributed by atoms with E-state index < -0.39 is 5.97 Å². The molecule has 0 aliphatic rings. The van der Waals surface area contributed by atoms with Gasteiger partial charge in [0.15, 0.2) is 0 Å². The van der Waals surface area contributed by atoms with Gasteiger partial charge in [0.2, 0.25) is 0 Å². The number of carboxylic acids is 1. The van der Waals surface area contributed by atoms with Crippen LogP contribution in [0.4, 0.5) is 0 Å². The third kappa shape index (κ3) is 2.58. The van der Waals surface area contributed by atoms with Gasteiger partial charge in [0.05, 0.1) is 0 Å². The summed E-state index contributed by atoms with van der Waals surface area (Å²) in [5.41, 5.74) is 1.37. The Morgan fingerprint density at radius 3 is 2.33 bits per heavy atom. The molecule has 0 saturated carbocycles. The maximum absolute atomic E-state index is 11.1. The molecule has 2 N–H and O–H groups in total. The molecular weight excluding hydrogens is 228 g/mol. The van der Waals surface area contributed by atoms with Crippen LogP contribution >= 0.6 is 0 Å². The van der Waals surface area contributed by atoms with Crippen molar-refractivity contribution in [3.8, 4) is 5.75 Å². The molecule has 0 unspecified atom stereocenters. The van der Waals surface area contributed by atoms with E-state index in [-0.39, 0.29) is 11.3 Å². The Kier molecular flexibility index (Phi) is 3.44. The molecule has 0 aliphatic heterocycles. The Labute approximate surface area is 105 Å². The standard InChI is InChI=1S/C15H12O3/c16-13-8-4-7-12(14(13)15(17)18)10-9-11-5-2-1-3-6-11/h1-10,16H,(H,17,18)/b10-9+. The van der Waals surface area contributed by atoms with Crippen molar-refractivity contribution in [2.75, 3.05) is 0 Å². The molecule has 2 rings (SSSR count). The SMILES string of the molecule is O=C(O)c1c(O)cccc1/C=C/c1ccccc1. The minimum absolute atomic E-state index is 0.0790. The summed E-state index contributed by atoms with van der Waals surface area (Å²) >= 11 is 0. The third-order valence-electron chi connectivity index (χ3n) is 2.54. The molecule has 0 bridgehead atoms. The number of carboxylic acid groups (broad SMARTS) is 1. The zero-order valence-corrected chi connectivity index (χ0v) is 9.58. The van der Waals surface area contributed by atoms with Gasteiger partial charge in [-0.1, -0.05) is 54.6 Å². The van der Waals surface area contributed by atoms with Crippen LogP contribution in [-0.4, -0.2) is 16.2 Å². The van der Waals surface area contributed by atoms with Gasteiger partial charge in [0.1, 0.15) is 11.3 Å². The molecule has 3 nitrogen and oxygen atoms in total. The van der Waals surface area contributed by atoms with Crippen LogP contribution in [0.25, 0.3) is 12.2 Å². The minimum Gasteiger partial charge on any atom is -0.507 e. The van der Waals surface area contributed by atoms with Crippen molar-refractivity contribution < 1.29 is 15.0 Å². The Hall–Kier alpha value is -2.55. The molecule has 0 aliphatic carbocycles. The molecule has 0 radical (unpaired) electrons. The Balaban J connectivity index is 2.38. The van der Waals surface area contributed by atoms with Crippen molar-refractivity contribution in [1.29, 1.82) is 0 Å². The topological polar surface area (TPSA) is 57.5 Å². The van der Waals surface area contributed by atoms with Crippen LogP contribution in [0, 0.1) is 0 Å². The molecule has 0 atom stereocenters. The van der Waals surface area contributed by atoms with Crippen molar-refractivity contribution in [2.45, 2.75) is 0 Å². The maximum atomic E-state index is 11.1. The molecule has 0 spiro atoms. The summed E-state index contributed by atoms with van der Waals surface area (Å²) in [5.74, 6) is -1.36. The van der Waals surface area contributed by atoms with Gasteiger partial charge in [0, 0.05) is 0 Å². The lowest BCUT2D eigenvalue weighted by Gasteiger charge is -2.03. The summed E-state index contributed by atoms with van der Waals surface area (Å²) in [6.45, 7) is 0. The molecule has 90 valence electrons. The predicted octanol–water partition coefficient (Wildman–Crippen LogP) is 3.26. The van der Waals surface area contributed by atoms with Crippen LogP contribution < -0.4 is 0 Å². The van der Waals surface area contributed by atoms with Crippen molar-refractivity contribution in [2.24, 2.45) is 0 Å². The van der Waals surface area contributed by atoms with Crippen LogP contribution in [0.5, 0.6) is 5.75 Å². The van der Waals surface area contributed by atoms with Crippen molar-refractivity contribution in [3.63, 3.8) is 0 Å². The molecule has 2 aromatic carbocycles. The lowest BCUT2D eigenvalue weighted by Crippen LogP contribution is -1.99. The second-order valence-corrected chi connectivity index (χ2v) is 3.79. The number of hydrogen-bond acceptors (Lipinski definition) is 2. The normalized spacial score (nSPS) is 10.7. The van der Waals surface area contributed by atoms with Gasteiger partial charge in [-0.15, -0.1) is 0 Å². The Morgan fingerprint density at radius 2 is 1.67 bits per heavy atom. The van der Waals surface area contributed by atoms with Gasteiger partial charge in [-0.3, -0.25) is 0 Å². The van der Waals surface area contributed by atoms with Crippen LogP contribution in [0.3, 0.4) is 0 Å². The fourth-order valence-corrected chi connectivity index (χ4v) is 1.68. The molecule has 0 heterocycles. The fourth-order valence-electron chi connectivity index (χ4n) is 1.68. The van der Waals surface area contributed by atoms with E-state index in [0.29, 0.717) is 5.56 Å². The first-order chi connectivity index (χ1) is 8.68. The van der Waals surface area contributed by atoms with E-state index >= 15 is 0 Å². The van der Waals surface area contributed by atoms with Gasteiger partial charge in [-0.25, -0.2) is 4.79 Å². The maximum Gasteiger partial charge on any atom is 0.340 e. The van der Waals surface area contributed by atoms with Gasteiger partial charge < -0.3 is 10.2 Å². The van der Waals surface area contributed by atoms with E-state index in [4.69, 9.17) is 5.11 Å². The molecule has 2 aromatic rings. The predicted molar refractivity (Wildman–Crippen MR) is 70.4 cm³/mol. The highest BCUT2D eigenvalue weighted by molar-refractivity contribution is 5.96. The molecule has 3 heteroatoms. The number of rotatable bonds is 3. The molecule has 18 heavy (non-hydrogen) atoms. The van der Waals surface area contributed by atoms with Crippen LogP contribution in [0.2, 0.25) is 0 Å². The number of aromatic carboxylic acids is 1. The van der Waals surface area contributed by atoms with Crippen molar-refractivity contribution in [3.05, 3.63) is 65.2 Å². The molecule has 0 aromatic heterocycles. The van der Waals surface area contributed by atoms with Crippen LogP contribution in [-0.2, 0) is 0 Å². The second-order valence-electron chi connectivity index (χ2n) is 3.79. The van der Waals surface area contributed by atoms with E-state index in [2.05, 4.69) is 0 Å². The molecule has 0 amide bonds. The zero-order valence-electron chi connectivity index (χ0n) is 9.58. The van der Waals surface area contributed by atoms with Gasteiger partial charge >= 0.3 is 5.97 Å². The van der Waals surface area contributed by atoms with E-state index in [9.17, 15) is 9.90 Å². The largest absolute Gasteiger partial charge is 0.507 e. The van der Waals surface area contributed by atoms with Gasteiger partial charge in [-0.05, 0) is 17.2 Å². The number of benzene rings is 2. The van der Waals surface area contributed by atoms with E-state index in [1.54, 1.807) is 24.3 Å². The van der Waals surface area contributed by atoms with Crippen LogP contribution in [0.15, 0.2) is 48.5 Å². The van der Waals surface area contributed by atoms with Crippen molar-refractivity contribution >= 4 is 18.1 Å². The Bertz CT molecular complexity index is 586.